The van der Waals surface area contributed by atoms with E-state index in [0.717, 1.165) is 24.9 Å². The largest absolute Gasteiger partial charge is 0.490 e. The van der Waals surface area contributed by atoms with E-state index >= 15 is 0 Å². The summed E-state index contributed by atoms with van der Waals surface area (Å²) in [5.74, 6) is 0.374. The van der Waals surface area contributed by atoms with E-state index in [1.54, 1.807) is 12.1 Å². The third kappa shape index (κ3) is 3.67. The number of nitrogens with zero attached hydrogens (tertiary/aromatic N) is 1. The van der Waals surface area contributed by atoms with Crippen LogP contribution in [0.4, 0.5) is 5.69 Å². The Hall–Kier alpha value is -2.09. The van der Waals surface area contributed by atoms with Crippen LogP contribution in [0.3, 0.4) is 0 Å². The molecule has 2 aliphatic rings. The van der Waals surface area contributed by atoms with Crippen LogP contribution in [0.2, 0.25) is 0 Å². The average Bonchev–Trinajstić information content (AvgIpc) is 3.10. The molecule has 2 aliphatic heterocycles. The Morgan fingerprint density at radius 3 is 2.74 bits per heavy atom. The number of aliphatic hydroxyl groups excluding tert-OH is 1. The summed E-state index contributed by atoms with van der Waals surface area (Å²) < 4.78 is 35.1. The molecule has 6 nitrogen and oxygen atoms in total. The van der Waals surface area contributed by atoms with Gasteiger partial charge in [0.25, 0.3) is 0 Å². The van der Waals surface area contributed by atoms with E-state index in [0.29, 0.717) is 17.9 Å². The van der Waals surface area contributed by atoms with E-state index in [1.165, 1.54) is 0 Å². The van der Waals surface area contributed by atoms with Gasteiger partial charge in [-0.3, -0.25) is 0 Å². The van der Waals surface area contributed by atoms with Gasteiger partial charge in [-0.05, 0) is 37.0 Å². The average molecular weight is 388 g/mol. The van der Waals surface area contributed by atoms with Gasteiger partial charge in [0.05, 0.1) is 24.4 Å². The molecule has 4 rings (SSSR count). The summed E-state index contributed by atoms with van der Waals surface area (Å²) in [4.78, 5) is 2.17. The lowest BCUT2D eigenvalue weighted by Gasteiger charge is -2.27. The third-order valence-electron chi connectivity index (χ3n) is 5.21. The van der Waals surface area contributed by atoms with Crippen molar-refractivity contribution in [2.24, 2.45) is 0 Å². The first-order chi connectivity index (χ1) is 13.1. The van der Waals surface area contributed by atoms with E-state index in [4.69, 9.17) is 4.74 Å². The predicted octanol–water partition coefficient (Wildman–Crippen LogP) is 1.93. The van der Waals surface area contributed by atoms with Crippen LogP contribution in [0.15, 0.2) is 53.4 Å². The lowest BCUT2D eigenvalue weighted by atomic mass is 10.1. The number of fused-ring (bicyclic) bond motifs is 1. The molecule has 27 heavy (non-hydrogen) atoms. The Labute approximate surface area is 159 Å². The van der Waals surface area contributed by atoms with E-state index in [1.807, 2.05) is 41.3 Å². The van der Waals surface area contributed by atoms with Crippen LogP contribution in [0.1, 0.15) is 18.4 Å². The minimum absolute atomic E-state index is 0.00856. The van der Waals surface area contributed by atoms with Gasteiger partial charge in [0.15, 0.2) is 0 Å². The van der Waals surface area contributed by atoms with Gasteiger partial charge in [-0.25, -0.2) is 13.1 Å². The monoisotopic (exact) mass is 388 g/mol. The Morgan fingerprint density at radius 1 is 1.15 bits per heavy atom. The number of rotatable bonds is 4. The molecule has 1 fully saturated rings. The maximum atomic E-state index is 13.2. The lowest BCUT2D eigenvalue weighted by molar-refractivity contribution is 0.265. The first-order valence-electron chi connectivity index (χ1n) is 9.28. The number of benzene rings is 2. The minimum atomic E-state index is -3.75. The van der Waals surface area contributed by atoms with E-state index in [2.05, 4.69) is 4.72 Å². The van der Waals surface area contributed by atoms with Gasteiger partial charge in [0.1, 0.15) is 17.3 Å². The summed E-state index contributed by atoms with van der Waals surface area (Å²) in [6, 6.07) is 14.7. The lowest BCUT2D eigenvalue weighted by Crippen LogP contribution is -2.39. The van der Waals surface area contributed by atoms with Crippen molar-refractivity contribution in [3.63, 3.8) is 0 Å². The van der Waals surface area contributed by atoms with Crippen LogP contribution >= 0.6 is 0 Å². The van der Waals surface area contributed by atoms with Gasteiger partial charge >= 0.3 is 0 Å². The standard InChI is InChI=1S/C20H24N2O4S/c23-13-17-8-5-11-22(17)18-9-4-10-19-20(18)27(24,25)21-16(14-26-19)12-15-6-2-1-3-7-15/h1-4,6-7,9-10,16-17,21,23H,5,8,11-14H2/t16-,17+/m1/s1. The Bertz CT molecular complexity index is 901. The number of hydrogen-bond donors (Lipinski definition) is 2. The molecule has 144 valence electrons. The summed E-state index contributed by atoms with van der Waals surface area (Å²) in [7, 11) is -3.75. The van der Waals surface area contributed by atoms with Gasteiger partial charge in [0, 0.05) is 6.54 Å². The van der Waals surface area contributed by atoms with Crippen molar-refractivity contribution in [2.75, 3.05) is 24.7 Å². The van der Waals surface area contributed by atoms with E-state index in [-0.39, 0.29) is 30.2 Å². The summed E-state index contributed by atoms with van der Waals surface area (Å²) in [5, 5.41) is 9.66. The smallest absolute Gasteiger partial charge is 0.246 e. The molecule has 0 unspecified atom stereocenters. The maximum absolute atomic E-state index is 13.2. The Balaban J connectivity index is 1.67. The second-order valence-electron chi connectivity index (χ2n) is 7.10. The summed E-state index contributed by atoms with van der Waals surface area (Å²) >= 11 is 0. The van der Waals surface area contributed by atoms with Crippen molar-refractivity contribution in [3.05, 3.63) is 54.1 Å². The highest BCUT2D eigenvalue weighted by Gasteiger charge is 2.35. The molecule has 0 spiro atoms. The molecule has 7 heteroatoms. The van der Waals surface area contributed by atoms with Gasteiger partial charge in [0.2, 0.25) is 10.0 Å². The number of aliphatic hydroxyl groups is 1. The molecule has 2 N–H and O–H groups in total. The molecule has 2 aromatic carbocycles. The zero-order chi connectivity index (χ0) is 18.9. The first-order valence-corrected chi connectivity index (χ1v) is 10.8. The Morgan fingerprint density at radius 2 is 1.96 bits per heavy atom. The molecule has 0 amide bonds. The van der Waals surface area contributed by atoms with Crippen LogP contribution in [0.5, 0.6) is 5.75 Å². The number of hydrogen-bond acceptors (Lipinski definition) is 5. The molecule has 1 saturated heterocycles. The number of ether oxygens (including phenoxy) is 1. The van der Waals surface area contributed by atoms with Crippen LogP contribution in [-0.4, -0.2) is 45.4 Å². The van der Waals surface area contributed by atoms with Crippen molar-refractivity contribution >= 4 is 15.7 Å². The van der Waals surface area contributed by atoms with E-state index in [9.17, 15) is 13.5 Å². The molecule has 0 aliphatic carbocycles. The molecule has 0 saturated carbocycles. The fourth-order valence-electron chi connectivity index (χ4n) is 3.96. The highest BCUT2D eigenvalue weighted by molar-refractivity contribution is 7.89. The van der Waals surface area contributed by atoms with Crippen molar-refractivity contribution in [1.82, 2.24) is 4.72 Å². The van der Waals surface area contributed by atoms with Crippen molar-refractivity contribution in [2.45, 2.75) is 36.2 Å². The molecular formula is C20H24N2O4S. The molecule has 0 bridgehead atoms. The Kier molecular flexibility index (Phi) is 5.08. The van der Waals surface area contributed by atoms with Crippen molar-refractivity contribution in [1.29, 1.82) is 0 Å². The molecular weight excluding hydrogens is 364 g/mol. The van der Waals surface area contributed by atoms with Gasteiger partial charge in [-0.1, -0.05) is 36.4 Å². The van der Waals surface area contributed by atoms with Crippen LogP contribution < -0.4 is 14.4 Å². The van der Waals surface area contributed by atoms with Gasteiger partial charge < -0.3 is 14.7 Å². The maximum Gasteiger partial charge on any atom is 0.246 e. The van der Waals surface area contributed by atoms with Crippen LogP contribution in [0, 0.1) is 0 Å². The fourth-order valence-corrected chi connectivity index (χ4v) is 5.52. The van der Waals surface area contributed by atoms with Crippen LogP contribution in [0.25, 0.3) is 0 Å². The highest BCUT2D eigenvalue weighted by Crippen LogP contribution is 2.38. The fraction of sp³-hybridized carbons (Fsp3) is 0.400. The zero-order valence-electron chi connectivity index (χ0n) is 15.0. The third-order valence-corrected chi connectivity index (χ3v) is 6.80. The second kappa shape index (κ2) is 7.50. The molecule has 2 heterocycles. The first kappa shape index (κ1) is 18.3. The quantitative estimate of drug-likeness (QED) is 0.837. The van der Waals surface area contributed by atoms with Crippen molar-refractivity contribution < 1.29 is 18.3 Å². The number of sulfonamides is 1. The topological polar surface area (TPSA) is 78.9 Å². The highest BCUT2D eigenvalue weighted by atomic mass is 32.2. The number of nitrogens with one attached hydrogen (secondary N) is 1. The number of anilines is 1. The predicted molar refractivity (Wildman–Crippen MR) is 104 cm³/mol. The summed E-state index contributed by atoms with van der Waals surface area (Å²) in [6.45, 7) is 1.01. The van der Waals surface area contributed by atoms with Crippen molar-refractivity contribution in [3.8, 4) is 5.75 Å². The summed E-state index contributed by atoms with van der Waals surface area (Å²) in [5.41, 5.74) is 1.66. The molecule has 2 atom stereocenters. The minimum Gasteiger partial charge on any atom is -0.490 e. The SMILES string of the molecule is O=S1(=O)N[C@H](Cc2ccccc2)COc2cccc(N3CCC[C@H]3CO)c21. The molecule has 2 aromatic rings. The second-order valence-corrected chi connectivity index (χ2v) is 8.75. The molecule has 0 aromatic heterocycles. The van der Waals surface area contributed by atoms with Crippen LogP contribution in [-0.2, 0) is 16.4 Å². The van der Waals surface area contributed by atoms with Gasteiger partial charge in [-0.15, -0.1) is 0 Å². The summed E-state index contributed by atoms with van der Waals surface area (Å²) in [6.07, 6.45) is 2.34. The normalized spacial score (nSPS) is 24.1. The zero-order valence-corrected chi connectivity index (χ0v) is 15.9. The van der Waals surface area contributed by atoms with Gasteiger partial charge in [-0.2, -0.15) is 0 Å². The van der Waals surface area contributed by atoms with E-state index < -0.39 is 10.0 Å². The molecule has 0 radical (unpaired) electrons.